The lowest BCUT2D eigenvalue weighted by atomic mass is 10.4. The number of hydrogen-bond donors (Lipinski definition) is 1. The van der Waals surface area contributed by atoms with Gasteiger partial charge in [0.2, 0.25) is 0 Å². The Labute approximate surface area is 84.3 Å². The van der Waals surface area contributed by atoms with Crippen LogP contribution in [0, 0.1) is 0 Å². The normalized spacial score (nSPS) is 12.0. The Morgan fingerprint density at radius 3 is 2.64 bits per heavy atom. The molecule has 14 heavy (non-hydrogen) atoms. The topological polar surface area (TPSA) is 30.9 Å². The Balaban J connectivity index is 2.31. The molecule has 0 saturated heterocycles. The molecule has 0 radical (unpaired) electrons. The molecule has 0 amide bonds. The molecule has 6 heteroatoms. The Morgan fingerprint density at radius 1 is 1.43 bits per heavy atom. The van der Waals surface area contributed by atoms with Gasteiger partial charge in [-0.1, -0.05) is 0 Å². The lowest BCUT2D eigenvalue weighted by Crippen LogP contribution is -2.05. The molecular weight excluding hydrogens is 213 g/mol. The van der Waals surface area contributed by atoms with Crippen LogP contribution in [0.4, 0.5) is 13.2 Å². The number of alkyl halides is 3. The summed E-state index contributed by atoms with van der Waals surface area (Å²) in [4.78, 5) is 0. The molecule has 0 fully saturated rings. The van der Waals surface area contributed by atoms with Gasteiger partial charge in [-0.15, -0.1) is 0 Å². The van der Waals surface area contributed by atoms with E-state index in [0.717, 1.165) is 5.56 Å². The van der Waals surface area contributed by atoms with Gasteiger partial charge in [-0.2, -0.15) is 13.2 Å². The third-order valence-corrected chi connectivity index (χ3v) is 2.38. The smallest absolute Gasteiger partial charge is 0.353 e. The zero-order chi connectivity index (χ0) is 10.6. The Morgan fingerprint density at radius 2 is 2.14 bits per heavy atom. The predicted molar refractivity (Wildman–Crippen MR) is 50.8 cm³/mol. The highest BCUT2D eigenvalue weighted by atomic mass is 32.2. The van der Waals surface area contributed by atoms with Gasteiger partial charge in [0.15, 0.2) is 0 Å². The van der Waals surface area contributed by atoms with Crippen molar-refractivity contribution < 1.29 is 13.2 Å². The van der Waals surface area contributed by atoms with E-state index < -0.39 is 5.51 Å². The van der Waals surface area contributed by atoms with Crippen molar-refractivity contribution in [2.45, 2.75) is 18.6 Å². The highest BCUT2D eigenvalue weighted by Gasteiger charge is 2.27. The van der Waals surface area contributed by atoms with Crippen LogP contribution in [0.15, 0.2) is 18.5 Å². The van der Waals surface area contributed by atoms with Crippen LogP contribution in [-0.4, -0.2) is 15.8 Å². The summed E-state index contributed by atoms with van der Waals surface area (Å²) in [6, 6.07) is 1.80. The molecule has 1 aromatic rings. The third kappa shape index (κ3) is 4.06. The second-order valence-electron chi connectivity index (χ2n) is 2.76. The van der Waals surface area contributed by atoms with Crippen molar-refractivity contribution in [3.05, 3.63) is 24.0 Å². The minimum absolute atomic E-state index is 0.00682. The summed E-state index contributed by atoms with van der Waals surface area (Å²) in [5.74, 6) is 0.0300. The van der Waals surface area contributed by atoms with E-state index in [2.05, 4.69) is 0 Å². The Kier molecular flexibility index (Phi) is 3.88. The van der Waals surface area contributed by atoms with Crippen LogP contribution in [0.2, 0.25) is 0 Å². The molecule has 1 aromatic heterocycles. The summed E-state index contributed by atoms with van der Waals surface area (Å²) in [6.45, 7) is 0.767. The maximum Gasteiger partial charge on any atom is 0.441 e. The van der Waals surface area contributed by atoms with Crippen molar-refractivity contribution in [3.8, 4) is 0 Å². The van der Waals surface area contributed by atoms with Gasteiger partial charge in [-0.05, 0) is 23.4 Å². The number of aromatic nitrogens is 1. The maximum atomic E-state index is 11.8. The van der Waals surface area contributed by atoms with Crippen molar-refractivity contribution in [2.75, 3.05) is 5.75 Å². The minimum atomic E-state index is -4.14. The van der Waals surface area contributed by atoms with E-state index in [0.29, 0.717) is 13.1 Å². The van der Waals surface area contributed by atoms with Gasteiger partial charge in [-0.25, -0.2) is 0 Å². The van der Waals surface area contributed by atoms with Gasteiger partial charge in [0, 0.05) is 31.2 Å². The van der Waals surface area contributed by atoms with Gasteiger partial charge >= 0.3 is 5.51 Å². The van der Waals surface area contributed by atoms with Crippen molar-refractivity contribution in [3.63, 3.8) is 0 Å². The summed E-state index contributed by atoms with van der Waals surface area (Å²) in [5.41, 5.74) is 2.16. The highest BCUT2D eigenvalue weighted by molar-refractivity contribution is 8.00. The second-order valence-corrected chi connectivity index (χ2v) is 3.92. The molecule has 0 aliphatic carbocycles. The molecule has 2 nitrogen and oxygen atoms in total. The van der Waals surface area contributed by atoms with Crippen LogP contribution in [-0.2, 0) is 13.1 Å². The molecule has 0 unspecified atom stereocenters. The van der Waals surface area contributed by atoms with Crippen LogP contribution in [0.25, 0.3) is 0 Å². The van der Waals surface area contributed by atoms with E-state index in [4.69, 9.17) is 5.73 Å². The van der Waals surface area contributed by atoms with Gasteiger partial charge in [0.1, 0.15) is 0 Å². The molecule has 0 atom stereocenters. The highest BCUT2D eigenvalue weighted by Crippen LogP contribution is 2.29. The Hall–Kier alpha value is -0.620. The summed E-state index contributed by atoms with van der Waals surface area (Å²) < 4.78 is 37.0. The summed E-state index contributed by atoms with van der Waals surface area (Å²) >= 11 is -0.00682. The zero-order valence-electron chi connectivity index (χ0n) is 7.42. The van der Waals surface area contributed by atoms with Crippen molar-refractivity contribution in [1.29, 1.82) is 0 Å². The quantitative estimate of drug-likeness (QED) is 0.850. The number of hydrogen-bond acceptors (Lipinski definition) is 2. The molecule has 0 spiro atoms. The van der Waals surface area contributed by atoms with E-state index in [9.17, 15) is 13.2 Å². The minimum Gasteiger partial charge on any atom is -0.353 e. The zero-order valence-corrected chi connectivity index (χ0v) is 8.24. The van der Waals surface area contributed by atoms with E-state index >= 15 is 0 Å². The summed E-state index contributed by atoms with van der Waals surface area (Å²) in [6.07, 6.45) is 3.50. The molecule has 80 valence electrons. The molecule has 0 saturated carbocycles. The second kappa shape index (κ2) is 4.75. The fourth-order valence-electron chi connectivity index (χ4n) is 1.02. The first-order valence-electron chi connectivity index (χ1n) is 4.06. The average molecular weight is 224 g/mol. The molecule has 0 bridgehead atoms. The fraction of sp³-hybridized carbons (Fsp3) is 0.500. The van der Waals surface area contributed by atoms with Crippen LogP contribution in [0.1, 0.15) is 5.56 Å². The monoisotopic (exact) mass is 224 g/mol. The first-order chi connectivity index (χ1) is 6.51. The summed E-state index contributed by atoms with van der Waals surface area (Å²) in [7, 11) is 0. The van der Waals surface area contributed by atoms with Gasteiger partial charge < -0.3 is 10.3 Å². The lowest BCUT2D eigenvalue weighted by Gasteiger charge is -2.05. The fourth-order valence-corrected chi connectivity index (χ4v) is 1.55. The number of halogens is 3. The average Bonchev–Trinajstić information content (AvgIpc) is 2.50. The Bertz CT molecular complexity index is 282. The van der Waals surface area contributed by atoms with Crippen LogP contribution in [0.5, 0.6) is 0 Å². The number of nitrogens with two attached hydrogens (primary N) is 1. The lowest BCUT2D eigenvalue weighted by molar-refractivity contribution is -0.0328. The van der Waals surface area contributed by atoms with E-state index in [1.165, 1.54) is 0 Å². The van der Waals surface area contributed by atoms with Crippen molar-refractivity contribution >= 4 is 11.8 Å². The molecular formula is C8H11F3N2S. The molecule has 0 aromatic carbocycles. The predicted octanol–water partition coefficient (Wildman–Crippen LogP) is 2.20. The number of rotatable bonds is 4. The molecule has 1 rings (SSSR count). The van der Waals surface area contributed by atoms with E-state index in [-0.39, 0.29) is 17.5 Å². The number of aryl methyl sites for hydroxylation is 1. The van der Waals surface area contributed by atoms with Crippen molar-refractivity contribution in [1.82, 2.24) is 4.57 Å². The van der Waals surface area contributed by atoms with Crippen molar-refractivity contribution in [2.24, 2.45) is 5.73 Å². The molecule has 1 heterocycles. The van der Waals surface area contributed by atoms with Gasteiger partial charge in [0.05, 0.1) is 0 Å². The molecule has 0 aliphatic heterocycles. The number of nitrogens with zero attached hydrogens (tertiary/aromatic N) is 1. The SMILES string of the molecule is NCc1ccn(CCSC(F)(F)F)c1. The maximum absolute atomic E-state index is 11.8. The number of thioether (sulfide) groups is 1. The third-order valence-electron chi connectivity index (χ3n) is 1.66. The van der Waals surface area contributed by atoms with E-state index in [1.807, 2.05) is 0 Å². The largest absolute Gasteiger partial charge is 0.441 e. The van der Waals surface area contributed by atoms with Gasteiger partial charge in [0.25, 0.3) is 0 Å². The van der Waals surface area contributed by atoms with Gasteiger partial charge in [-0.3, -0.25) is 0 Å². The first-order valence-corrected chi connectivity index (χ1v) is 5.05. The molecule has 0 aliphatic rings. The summed E-state index contributed by atoms with van der Waals surface area (Å²) in [5, 5.41) is 0. The molecule has 2 N–H and O–H groups in total. The standard InChI is InChI=1S/C8H11F3N2S/c9-8(10,11)14-4-3-13-2-1-7(5-12)6-13/h1-2,6H,3-5,12H2. The van der Waals surface area contributed by atoms with Crippen LogP contribution < -0.4 is 5.73 Å². The van der Waals surface area contributed by atoms with Crippen LogP contribution in [0.3, 0.4) is 0 Å². The first kappa shape index (κ1) is 11.5. The van der Waals surface area contributed by atoms with Crippen LogP contribution >= 0.6 is 11.8 Å². The van der Waals surface area contributed by atoms with E-state index in [1.54, 1.807) is 23.0 Å².